The van der Waals surface area contributed by atoms with Crippen LogP contribution in [-0.2, 0) is 24.4 Å². The zero-order valence-corrected chi connectivity index (χ0v) is 18.6. The Labute approximate surface area is 186 Å². The summed E-state index contributed by atoms with van der Waals surface area (Å²) >= 11 is 0. The molecule has 2 aromatic rings. The fourth-order valence-electron chi connectivity index (χ4n) is 3.56. The van der Waals surface area contributed by atoms with Crippen molar-refractivity contribution in [1.82, 2.24) is 20.3 Å². The molecule has 8 nitrogen and oxygen atoms in total. The zero-order chi connectivity index (χ0) is 19.3. The molecule has 1 aromatic carbocycles. The van der Waals surface area contributed by atoms with E-state index in [0.29, 0.717) is 18.9 Å². The van der Waals surface area contributed by atoms with E-state index in [-0.39, 0.29) is 36.6 Å². The molecule has 0 amide bonds. The van der Waals surface area contributed by atoms with Crippen LogP contribution in [0.25, 0.3) is 0 Å². The van der Waals surface area contributed by atoms with Gasteiger partial charge in [0.2, 0.25) is 0 Å². The van der Waals surface area contributed by atoms with Crippen LogP contribution in [0.1, 0.15) is 16.8 Å². The molecule has 158 valence electrons. The fraction of sp³-hybridized carbons (Fsp3) is 0.474. The summed E-state index contributed by atoms with van der Waals surface area (Å²) in [6.45, 7) is 5.28. The van der Waals surface area contributed by atoms with Crippen LogP contribution >= 0.6 is 24.0 Å². The quantitative estimate of drug-likeness (QED) is 0.379. The third kappa shape index (κ3) is 5.37. The molecule has 4 rings (SSSR count). The molecule has 3 heterocycles. The maximum atomic E-state index is 13.9. The van der Waals surface area contributed by atoms with Crippen LogP contribution in [0.2, 0.25) is 0 Å². The van der Waals surface area contributed by atoms with Gasteiger partial charge in [-0.15, -0.1) is 24.0 Å². The van der Waals surface area contributed by atoms with E-state index in [2.05, 4.69) is 25.3 Å². The maximum absolute atomic E-state index is 13.9. The largest absolute Gasteiger partial charge is 0.467 e. The molecule has 0 unspecified atom stereocenters. The van der Waals surface area contributed by atoms with Crippen LogP contribution in [0.4, 0.5) is 4.39 Å². The molecule has 1 N–H and O–H groups in total. The molecule has 0 aliphatic carbocycles. The summed E-state index contributed by atoms with van der Waals surface area (Å²) in [7, 11) is 1.76. The van der Waals surface area contributed by atoms with Crippen molar-refractivity contribution in [1.29, 1.82) is 0 Å². The molecule has 0 spiro atoms. The summed E-state index contributed by atoms with van der Waals surface area (Å²) in [4.78, 5) is 8.92. The summed E-state index contributed by atoms with van der Waals surface area (Å²) < 4.78 is 29.6. The molecule has 1 saturated heterocycles. The van der Waals surface area contributed by atoms with Gasteiger partial charge in [0, 0.05) is 63.5 Å². The first-order chi connectivity index (χ1) is 13.7. The van der Waals surface area contributed by atoms with Crippen molar-refractivity contribution in [3.8, 4) is 5.75 Å². The van der Waals surface area contributed by atoms with Crippen molar-refractivity contribution < 1.29 is 18.4 Å². The second kappa shape index (κ2) is 10.2. The van der Waals surface area contributed by atoms with Crippen molar-refractivity contribution >= 4 is 29.9 Å². The summed E-state index contributed by atoms with van der Waals surface area (Å²) in [5, 5.41) is 7.30. The minimum atomic E-state index is -0.291. The Bertz CT molecular complexity index is 826. The molecular formula is C19H25FIN5O3. The lowest BCUT2D eigenvalue weighted by molar-refractivity contribution is -0.0173. The van der Waals surface area contributed by atoms with Crippen molar-refractivity contribution in [2.75, 3.05) is 40.0 Å². The summed E-state index contributed by atoms with van der Waals surface area (Å²) in [6, 6.07) is 4.85. The van der Waals surface area contributed by atoms with Gasteiger partial charge < -0.3 is 24.2 Å². The number of guanidine groups is 1. The van der Waals surface area contributed by atoms with Crippen LogP contribution in [-0.4, -0.2) is 60.9 Å². The summed E-state index contributed by atoms with van der Waals surface area (Å²) in [6.07, 6.45) is 1.60. The smallest absolute Gasteiger partial charge is 0.194 e. The number of hydrogen-bond donors (Lipinski definition) is 1. The van der Waals surface area contributed by atoms with E-state index in [4.69, 9.17) is 14.0 Å². The van der Waals surface area contributed by atoms with Crippen molar-refractivity contribution in [3.05, 3.63) is 47.1 Å². The Hall–Kier alpha value is -1.92. The van der Waals surface area contributed by atoms with Crippen molar-refractivity contribution in [3.63, 3.8) is 0 Å². The Balaban J connectivity index is 0.00000240. The van der Waals surface area contributed by atoms with E-state index in [1.165, 1.54) is 12.1 Å². The molecule has 2 aliphatic heterocycles. The molecule has 0 saturated carbocycles. The van der Waals surface area contributed by atoms with E-state index in [9.17, 15) is 4.39 Å². The number of rotatable bonds is 4. The van der Waals surface area contributed by atoms with E-state index in [0.717, 1.165) is 55.5 Å². The Morgan fingerprint density at radius 3 is 2.83 bits per heavy atom. The lowest BCUT2D eigenvalue weighted by Crippen LogP contribution is -2.52. The minimum Gasteiger partial charge on any atom is -0.467 e. The normalized spacial score (nSPS) is 17.3. The average Bonchev–Trinajstić information content (AvgIpc) is 3.22. The van der Waals surface area contributed by atoms with Gasteiger partial charge in [-0.3, -0.25) is 9.89 Å². The molecule has 2 aliphatic rings. The summed E-state index contributed by atoms with van der Waals surface area (Å²) in [5.74, 6) is 1.21. The van der Waals surface area contributed by atoms with Gasteiger partial charge in [0.1, 0.15) is 17.8 Å². The van der Waals surface area contributed by atoms with E-state index < -0.39 is 0 Å². The highest BCUT2D eigenvalue weighted by Crippen LogP contribution is 2.29. The molecule has 0 radical (unpaired) electrons. The minimum absolute atomic E-state index is 0. The number of nitrogens with zero attached hydrogens (tertiary/aromatic N) is 4. The number of fused-ring (bicyclic) bond motifs is 1. The van der Waals surface area contributed by atoms with Gasteiger partial charge in [0.15, 0.2) is 12.8 Å². The lowest BCUT2D eigenvalue weighted by Gasteiger charge is -2.36. The Morgan fingerprint density at radius 1 is 1.28 bits per heavy atom. The Kier molecular flexibility index (Phi) is 7.67. The highest BCUT2D eigenvalue weighted by atomic mass is 127. The zero-order valence-electron chi connectivity index (χ0n) is 16.3. The predicted molar refractivity (Wildman–Crippen MR) is 116 cm³/mol. The number of aromatic nitrogens is 1. The molecule has 1 aromatic heterocycles. The third-order valence-corrected chi connectivity index (χ3v) is 4.95. The number of aliphatic imine (C=N–C) groups is 1. The van der Waals surface area contributed by atoms with Gasteiger partial charge in [0.25, 0.3) is 0 Å². The predicted octanol–water partition coefficient (Wildman–Crippen LogP) is 2.19. The highest BCUT2D eigenvalue weighted by Gasteiger charge is 2.21. The molecule has 29 heavy (non-hydrogen) atoms. The molecular weight excluding hydrogens is 492 g/mol. The molecule has 0 bridgehead atoms. The van der Waals surface area contributed by atoms with Crippen LogP contribution in [0.15, 0.2) is 34.0 Å². The Morgan fingerprint density at radius 2 is 2.10 bits per heavy atom. The van der Waals surface area contributed by atoms with Crippen molar-refractivity contribution in [2.45, 2.75) is 19.7 Å². The highest BCUT2D eigenvalue weighted by molar-refractivity contribution is 14.0. The standard InChI is InChI=1S/C19H24FN5O3.HI/c1-21-19(25-5-3-24(4-6-25)11-17-2-7-28-23-17)22-10-14-8-16(20)9-15-12-26-13-27-18(14)15;/h2,7-9H,3-6,10-13H2,1H3,(H,21,22);1H. The van der Waals surface area contributed by atoms with Gasteiger partial charge >= 0.3 is 0 Å². The van der Waals surface area contributed by atoms with Gasteiger partial charge in [-0.2, -0.15) is 0 Å². The number of hydrogen-bond acceptors (Lipinski definition) is 6. The second-order valence-corrected chi connectivity index (χ2v) is 6.82. The molecule has 0 atom stereocenters. The van der Waals surface area contributed by atoms with Crippen LogP contribution in [0.3, 0.4) is 0 Å². The van der Waals surface area contributed by atoms with Gasteiger partial charge in [-0.25, -0.2) is 4.39 Å². The molecule has 1 fully saturated rings. The number of nitrogens with one attached hydrogen (secondary N) is 1. The maximum Gasteiger partial charge on any atom is 0.194 e. The average molecular weight is 517 g/mol. The monoisotopic (exact) mass is 517 g/mol. The number of halogens is 2. The SMILES string of the molecule is CN=C(NCc1cc(F)cc2c1OCOC2)N1CCN(Cc2ccon2)CC1.I. The number of benzene rings is 1. The van der Waals surface area contributed by atoms with E-state index in [1.54, 1.807) is 13.3 Å². The number of piperazine rings is 1. The first-order valence-corrected chi connectivity index (χ1v) is 9.32. The van der Waals surface area contributed by atoms with Gasteiger partial charge in [0.05, 0.1) is 12.3 Å². The van der Waals surface area contributed by atoms with Crippen LogP contribution in [0.5, 0.6) is 5.75 Å². The fourth-order valence-corrected chi connectivity index (χ4v) is 3.56. The second-order valence-electron chi connectivity index (χ2n) is 6.82. The third-order valence-electron chi connectivity index (χ3n) is 4.95. The summed E-state index contributed by atoms with van der Waals surface area (Å²) in [5.41, 5.74) is 2.44. The topological polar surface area (TPSA) is 75.4 Å². The number of ether oxygens (including phenoxy) is 2. The van der Waals surface area contributed by atoms with Gasteiger partial charge in [-0.1, -0.05) is 5.16 Å². The van der Waals surface area contributed by atoms with E-state index in [1.807, 2.05) is 6.07 Å². The first-order valence-electron chi connectivity index (χ1n) is 9.32. The van der Waals surface area contributed by atoms with Crippen molar-refractivity contribution in [2.24, 2.45) is 4.99 Å². The van der Waals surface area contributed by atoms with E-state index >= 15 is 0 Å². The van der Waals surface area contributed by atoms with Gasteiger partial charge in [-0.05, 0) is 12.1 Å². The van der Waals surface area contributed by atoms with Crippen LogP contribution < -0.4 is 10.1 Å². The lowest BCUT2D eigenvalue weighted by atomic mass is 10.1. The molecule has 10 heteroatoms. The van der Waals surface area contributed by atoms with Crippen LogP contribution in [0, 0.1) is 5.82 Å². The first kappa shape index (κ1) is 21.8.